The van der Waals surface area contributed by atoms with Gasteiger partial charge in [0.15, 0.2) is 0 Å². The molecule has 1 aromatic heterocycles. The maximum Gasteiger partial charge on any atom is 0.328 e. The zero-order valence-corrected chi connectivity index (χ0v) is 16.9. The molecule has 31 heavy (non-hydrogen) atoms. The van der Waals surface area contributed by atoms with E-state index in [9.17, 15) is 4.79 Å². The molecule has 2 N–H and O–H groups in total. The number of H-pyrrole nitrogens is 1. The molecule has 7 heteroatoms. The van der Waals surface area contributed by atoms with Gasteiger partial charge < -0.3 is 14.8 Å². The molecule has 0 saturated carbocycles. The van der Waals surface area contributed by atoms with E-state index < -0.39 is 23.6 Å². The van der Waals surface area contributed by atoms with Crippen LogP contribution in [0.2, 0.25) is 0 Å². The Balaban J connectivity index is 1.69. The quantitative estimate of drug-likeness (QED) is 0.614. The van der Waals surface area contributed by atoms with E-state index in [1.807, 2.05) is 24.3 Å². The van der Waals surface area contributed by atoms with Gasteiger partial charge in [-0.1, -0.05) is 18.2 Å². The van der Waals surface area contributed by atoms with Gasteiger partial charge >= 0.3 is 5.97 Å². The van der Waals surface area contributed by atoms with E-state index >= 15 is 8.78 Å². The summed E-state index contributed by atoms with van der Waals surface area (Å²) in [5.74, 6) is -2.57. The molecule has 2 aliphatic heterocycles. The summed E-state index contributed by atoms with van der Waals surface area (Å²) in [5.41, 5.74) is 2.97. The Kier molecular flexibility index (Phi) is 4.87. The number of hydrogen-bond acceptors (Lipinski definition) is 3. The number of carboxylic acids is 1. The number of carboxylic acid groups (broad SMARTS) is 1. The Morgan fingerprint density at radius 1 is 1.23 bits per heavy atom. The smallest absolute Gasteiger partial charge is 0.328 e. The fourth-order valence-electron chi connectivity index (χ4n) is 4.87. The summed E-state index contributed by atoms with van der Waals surface area (Å²) >= 11 is 0. The van der Waals surface area contributed by atoms with Gasteiger partial charge in [-0.3, -0.25) is 4.90 Å². The molecule has 0 aliphatic carbocycles. The van der Waals surface area contributed by atoms with Crippen molar-refractivity contribution in [3.05, 3.63) is 76.5 Å². The molecule has 0 amide bonds. The van der Waals surface area contributed by atoms with Crippen LogP contribution in [-0.2, 0) is 16.0 Å². The number of para-hydroxylation sites is 1. The molecule has 1 saturated heterocycles. The number of halogens is 2. The van der Waals surface area contributed by atoms with E-state index in [4.69, 9.17) is 9.84 Å². The standard InChI is InChI=1S/C24H22F2N2O3/c1-13-8-17-16-4-2-3-5-20(16)27-23(17)24(28(13)15-11-31-12-15)22-18(25)9-14(10-19(22)26)6-7-21(29)30/h2-7,9-10,13,15,24,27H,8,11-12H2,1H3,(H,29,30)/b7-6+. The topological polar surface area (TPSA) is 65.6 Å². The molecule has 2 aliphatic rings. The first-order valence-corrected chi connectivity index (χ1v) is 10.3. The number of fused-ring (bicyclic) bond motifs is 3. The molecule has 0 radical (unpaired) electrons. The summed E-state index contributed by atoms with van der Waals surface area (Å²) in [5, 5.41) is 9.88. The van der Waals surface area contributed by atoms with Crippen molar-refractivity contribution in [2.75, 3.05) is 13.2 Å². The SMILES string of the molecule is CC1Cc2c([nH]c3ccccc23)C(c2c(F)cc(/C=C/C(=O)O)cc2F)N1C1COC1. The highest BCUT2D eigenvalue weighted by Gasteiger charge is 2.43. The summed E-state index contributed by atoms with van der Waals surface area (Å²) in [6, 6.07) is 9.79. The number of nitrogens with zero attached hydrogens (tertiary/aromatic N) is 1. The molecule has 2 atom stereocenters. The molecule has 0 spiro atoms. The van der Waals surface area contributed by atoms with Crippen molar-refractivity contribution in [2.24, 2.45) is 0 Å². The van der Waals surface area contributed by atoms with Crippen LogP contribution < -0.4 is 0 Å². The van der Waals surface area contributed by atoms with Gasteiger partial charge in [0.1, 0.15) is 11.6 Å². The monoisotopic (exact) mass is 424 g/mol. The second-order valence-corrected chi connectivity index (χ2v) is 8.23. The Hall–Kier alpha value is -3.03. The van der Waals surface area contributed by atoms with Crippen molar-refractivity contribution in [3.63, 3.8) is 0 Å². The fourth-order valence-corrected chi connectivity index (χ4v) is 4.87. The minimum absolute atomic E-state index is 0.0290. The van der Waals surface area contributed by atoms with Crippen LogP contribution in [0.15, 0.2) is 42.5 Å². The molecule has 0 bridgehead atoms. The average Bonchev–Trinajstić information content (AvgIpc) is 3.05. The number of aliphatic carboxylic acids is 1. The zero-order valence-electron chi connectivity index (χ0n) is 16.9. The normalized spacial score (nSPS) is 22.0. The van der Waals surface area contributed by atoms with E-state index in [1.54, 1.807) is 0 Å². The van der Waals surface area contributed by atoms with Crippen molar-refractivity contribution >= 4 is 22.9 Å². The zero-order chi connectivity index (χ0) is 21.7. The largest absolute Gasteiger partial charge is 0.478 e. The van der Waals surface area contributed by atoms with Crippen LogP contribution in [0.25, 0.3) is 17.0 Å². The third kappa shape index (κ3) is 3.34. The summed E-state index contributed by atoms with van der Waals surface area (Å²) in [6.45, 7) is 3.13. The van der Waals surface area contributed by atoms with Crippen molar-refractivity contribution in [3.8, 4) is 0 Å². The summed E-state index contributed by atoms with van der Waals surface area (Å²) in [4.78, 5) is 16.3. The number of carbonyl (C=O) groups is 1. The van der Waals surface area contributed by atoms with Crippen LogP contribution in [0.1, 0.15) is 35.3 Å². The average molecular weight is 424 g/mol. The molecule has 5 rings (SSSR count). The van der Waals surface area contributed by atoms with Gasteiger partial charge in [-0.15, -0.1) is 0 Å². The highest BCUT2D eigenvalue weighted by atomic mass is 19.1. The van der Waals surface area contributed by atoms with Gasteiger partial charge in [0.25, 0.3) is 0 Å². The molecule has 3 aromatic rings. The van der Waals surface area contributed by atoms with Crippen LogP contribution >= 0.6 is 0 Å². The minimum atomic E-state index is -1.18. The number of aromatic nitrogens is 1. The lowest BCUT2D eigenvalue weighted by molar-refractivity contribution is -0.131. The molecule has 3 heterocycles. The van der Waals surface area contributed by atoms with Gasteiger partial charge in [-0.05, 0) is 48.7 Å². The molecule has 2 aromatic carbocycles. The van der Waals surface area contributed by atoms with Gasteiger partial charge in [-0.25, -0.2) is 13.6 Å². The number of nitrogens with one attached hydrogen (secondary N) is 1. The first-order valence-electron chi connectivity index (χ1n) is 10.3. The van der Waals surface area contributed by atoms with Crippen LogP contribution in [0.3, 0.4) is 0 Å². The van der Waals surface area contributed by atoms with E-state index in [0.717, 1.165) is 34.7 Å². The predicted octanol–water partition coefficient (Wildman–Crippen LogP) is 4.28. The number of aromatic amines is 1. The Bertz CT molecular complexity index is 1180. The van der Waals surface area contributed by atoms with E-state index in [0.29, 0.717) is 13.2 Å². The van der Waals surface area contributed by atoms with Crippen molar-refractivity contribution < 1.29 is 23.4 Å². The summed E-state index contributed by atoms with van der Waals surface area (Å²) in [6.07, 6.45) is 2.83. The van der Waals surface area contributed by atoms with Crippen LogP contribution in [0.4, 0.5) is 8.78 Å². The Labute approximate surface area is 177 Å². The maximum atomic E-state index is 15.4. The number of ether oxygens (including phenoxy) is 1. The maximum absolute atomic E-state index is 15.4. The Morgan fingerprint density at radius 2 is 1.94 bits per heavy atom. The van der Waals surface area contributed by atoms with E-state index in [2.05, 4.69) is 16.8 Å². The second kappa shape index (κ2) is 7.59. The van der Waals surface area contributed by atoms with Gasteiger partial charge in [0.05, 0.1) is 25.3 Å². The highest BCUT2D eigenvalue weighted by Crippen LogP contribution is 2.44. The van der Waals surface area contributed by atoms with Crippen molar-refractivity contribution in [2.45, 2.75) is 31.5 Å². The van der Waals surface area contributed by atoms with Crippen LogP contribution in [-0.4, -0.2) is 46.3 Å². The van der Waals surface area contributed by atoms with Crippen molar-refractivity contribution in [1.29, 1.82) is 0 Å². The van der Waals surface area contributed by atoms with Crippen LogP contribution in [0.5, 0.6) is 0 Å². The van der Waals surface area contributed by atoms with E-state index in [1.165, 1.54) is 18.2 Å². The minimum Gasteiger partial charge on any atom is -0.478 e. The number of hydrogen-bond donors (Lipinski definition) is 2. The second-order valence-electron chi connectivity index (χ2n) is 8.23. The third-order valence-electron chi connectivity index (χ3n) is 6.26. The summed E-state index contributed by atoms with van der Waals surface area (Å²) < 4.78 is 36.1. The number of rotatable bonds is 4. The predicted molar refractivity (Wildman–Crippen MR) is 113 cm³/mol. The lowest BCUT2D eigenvalue weighted by atomic mass is 9.86. The first kappa shape index (κ1) is 19.9. The molecule has 1 fully saturated rings. The first-order chi connectivity index (χ1) is 14.9. The number of benzene rings is 2. The third-order valence-corrected chi connectivity index (χ3v) is 6.26. The van der Waals surface area contributed by atoms with Gasteiger partial charge in [0, 0.05) is 34.3 Å². The molecule has 5 nitrogen and oxygen atoms in total. The summed E-state index contributed by atoms with van der Waals surface area (Å²) in [7, 11) is 0. The lowest BCUT2D eigenvalue weighted by Crippen LogP contribution is -2.56. The molecule has 160 valence electrons. The molecular weight excluding hydrogens is 402 g/mol. The lowest BCUT2D eigenvalue weighted by Gasteiger charge is -2.48. The fraction of sp³-hybridized carbons (Fsp3) is 0.292. The van der Waals surface area contributed by atoms with Gasteiger partial charge in [0.2, 0.25) is 0 Å². The van der Waals surface area contributed by atoms with Crippen molar-refractivity contribution in [1.82, 2.24) is 9.88 Å². The molecule has 2 unspecified atom stereocenters. The van der Waals surface area contributed by atoms with E-state index in [-0.39, 0.29) is 23.2 Å². The van der Waals surface area contributed by atoms with Crippen LogP contribution in [0, 0.1) is 11.6 Å². The molecular formula is C24H22F2N2O3. The van der Waals surface area contributed by atoms with Gasteiger partial charge in [-0.2, -0.15) is 0 Å². The Morgan fingerprint density at radius 3 is 2.58 bits per heavy atom. The highest BCUT2D eigenvalue weighted by molar-refractivity contribution is 5.86.